The smallest absolute Gasteiger partial charge is 0.142 e. The van der Waals surface area contributed by atoms with Crippen LogP contribution in [0.4, 0.5) is 11.6 Å². The maximum atomic E-state index is 4.55. The Kier molecular flexibility index (Phi) is 4.05. The summed E-state index contributed by atoms with van der Waals surface area (Å²) >= 11 is 3.61. The zero-order valence-electron chi connectivity index (χ0n) is 12.3. The second-order valence-corrected chi connectivity index (χ2v) is 6.11. The fourth-order valence-electron chi connectivity index (χ4n) is 2.53. The van der Waals surface area contributed by atoms with Crippen LogP contribution >= 0.6 is 15.9 Å². The zero-order chi connectivity index (χ0) is 14.8. The third kappa shape index (κ3) is 3.15. The van der Waals surface area contributed by atoms with Gasteiger partial charge in [0.05, 0.1) is 4.47 Å². The summed E-state index contributed by atoms with van der Waals surface area (Å²) in [6, 6.07) is 4.09. The number of nitrogens with zero attached hydrogens (tertiary/aromatic N) is 5. The van der Waals surface area contributed by atoms with E-state index in [1.807, 2.05) is 25.4 Å². The van der Waals surface area contributed by atoms with Crippen molar-refractivity contribution in [1.82, 2.24) is 15.0 Å². The number of aryl methyl sites for hydroxylation is 2. The van der Waals surface area contributed by atoms with Crippen LogP contribution in [0.15, 0.2) is 29.0 Å². The van der Waals surface area contributed by atoms with Crippen LogP contribution in [-0.4, -0.2) is 41.1 Å². The minimum absolute atomic E-state index is 0.817. The molecule has 21 heavy (non-hydrogen) atoms. The molecule has 2 aromatic heterocycles. The molecule has 0 N–H and O–H groups in total. The van der Waals surface area contributed by atoms with Gasteiger partial charge in [-0.2, -0.15) is 0 Å². The van der Waals surface area contributed by atoms with Gasteiger partial charge in [-0.05, 0) is 47.5 Å². The van der Waals surface area contributed by atoms with Crippen molar-refractivity contribution in [2.75, 3.05) is 36.0 Å². The normalized spacial score (nSPS) is 15.4. The van der Waals surface area contributed by atoms with E-state index >= 15 is 0 Å². The van der Waals surface area contributed by atoms with Crippen LogP contribution < -0.4 is 9.80 Å². The van der Waals surface area contributed by atoms with E-state index in [2.05, 4.69) is 53.7 Å². The van der Waals surface area contributed by atoms with Crippen LogP contribution in [0.1, 0.15) is 11.4 Å². The van der Waals surface area contributed by atoms with Crippen LogP contribution in [0.5, 0.6) is 0 Å². The van der Waals surface area contributed by atoms with E-state index in [0.717, 1.165) is 48.1 Å². The first-order chi connectivity index (χ1) is 10.1. The fourth-order valence-corrected chi connectivity index (χ4v) is 3.24. The van der Waals surface area contributed by atoms with Gasteiger partial charge in [0, 0.05) is 38.6 Å². The fraction of sp³-hybridized carbons (Fsp3) is 0.400. The molecule has 1 saturated heterocycles. The summed E-state index contributed by atoms with van der Waals surface area (Å²) in [6.45, 7) is 7.75. The lowest BCUT2D eigenvalue weighted by Crippen LogP contribution is -2.47. The van der Waals surface area contributed by atoms with Gasteiger partial charge in [0.25, 0.3) is 0 Å². The van der Waals surface area contributed by atoms with E-state index in [1.165, 1.54) is 5.56 Å². The van der Waals surface area contributed by atoms with Gasteiger partial charge in [0.1, 0.15) is 17.5 Å². The first-order valence-corrected chi connectivity index (χ1v) is 7.84. The van der Waals surface area contributed by atoms with Gasteiger partial charge in [0.15, 0.2) is 0 Å². The minimum atomic E-state index is 0.817. The van der Waals surface area contributed by atoms with E-state index < -0.39 is 0 Å². The Morgan fingerprint density at radius 1 is 1.05 bits per heavy atom. The Bertz CT molecular complexity index is 638. The molecule has 0 aromatic carbocycles. The quantitative estimate of drug-likeness (QED) is 0.835. The Morgan fingerprint density at radius 3 is 2.43 bits per heavy atom. The third-order valence-corrected chi connectivity index (χ3v) is 4.21. The van der Waals surface area contributed by atoms with Crippen molar-refractivity contribution in [3.8, 4) is 0 Å². The molecule has 0 unspecified atom stereocenters. The molecule has 0 atom stereocenters. The van der Waals surface area contributed by atoms with Crippen molar-refractivity contribution < 1.29 is 0 Å². The van der Waals surface area contributed by atoms with Gasteiger partial charge < -0.3 is 9.80 Å². The van der Waals surface area contributed by atoms with E-state index in [4.69, 9.17) is 0 Å². The van der Waals surface area contributed by atoms with E-state index in [9.17, 15) is 0 Å². The number of pyridine rings is 1. The number of halogens is 1. The van der Waals surface area contributed by atoms with Crippen LogP contribution in [0.25, 0.3) is 0 Å². The molecule has 3 rings (SSSR count). The molecule has 1 aliphatic rings. The zero-order valence-corrected chi connectivity index (χ0v) is 13.8. The Morgan fingerprint density at radius 2 is 1.76 bits per heavy atom. The Hall–Kier alpha value is -1.69. The van der Waals surface area contributed by atoms with Gasteiger partial charge in [-0.1, -0.05) is 0 Å². The molecular formula is C15H18BrN5. The van der Waals surface area contributed by atoms with Crippen LogP contribution in [-0.2, 0) is 0 Å². The van der Waals surface area contributed by atoms with Crippen molar-refractivity contribution in [3.05, 3.63) is 40.4 Å². The van der Waals surface area contributed by atoms with Gasteiger partial charge in [-0.25, -0.2) is 15.0 Å². The van der Waals surface area contributed by atoms with Crippen molar-refractivity contribution >= 4 is 27.6 Å². The standard InChI is InChI=1S/C15H18BrN5/c1-11-9-13(16)15(18-10-11)21-7-5-20(6-8-21)14-3-4-17-12(2)19-14/h3-4,9-10H,5-8H2,1-2H3. The number of piperazine rings is 1. The number of anilines is 2. The average molecular weight is 348 g/mol. The largest absolute Gasteiger partial charge is 0.353 e. The van der Waals surface area contributed by atoms with Crippen molar-refractivity contribution in [3.63, 3.8) is 0 Å². The second-order valence-electron chi connectivity index (χ2n) is 5.25. The maximum Gasteiger partial charge on any atom is 0.142 e. The summed E-state index contributed by atoms with van der Waals surface area (Å²) in [7, 11) is 0. The summed E-state index contributed by atoms with van der Waals surface area (Å²) < 4.78 is 1.06. The second kappa shape index (κ2) is 5.97. The average Bonchev–Trinajstić information content (AvgIpc) is 2.47. The lowest BCUT2D eigenvalue weighted by atomic mass is 10.2. The van der Waals surface area contributed by atoms with Gasteiger partial charge in [0.2, 0.25) is 0 Å². The Labute approximate surface area is 133 Å². The van der Waals surface area contributed by atoms with Crippen LogP contribution in [0.3, 0.4) is 0 Å². The number of hydrogen-bond acceptors (Lipinski definition) is 5. The summed E-state index contributed by atoms with van der Waals surface area (Å²) in [5.74, 6) is 2.86. The molecule has 6 heteroatoms. The topological polar surface area (TPSA) is 45.2 Å². The van der Waals surface area contributed by atoms with Gasteiger partial charge in [-0.15, -0.1) is 0 Å². The molecule has 0 amide bonds. The molecule has 0 radical (unpaired) electrons. The molecule has 0 bridgehead atoms. The minimum Gasteiger partial charge on any atom is -0.353 e. The summed E-state index contributed by atoms with van der Waals surface area (Å²) in [5.41, 5.74) is 1.17. The molecule has 0 spiro atoms. The highest BCUT2D eigenvalue weighted by atomic mass is 79.9. The molecule has 1 fully saturated rings. The molecular weight excluding hydrogens is 330 g/mol. The SMILES string of the molecule is Cc1cnc(N2CCN(c3ccnc(C)n3)CC2)c(Br)c1. The number of rotatable bonds is 2. The molecule has 110 valence electrons. The predicted octanol–water partition coefficient (Wildman–Crippen LogP) is 2.58. The highest BCUT2D eigenvalue weighted by Crippen LogP contribution is 2.26. The Balaban J connectivity index is 1.70. The van der Waals surface area contributed by atoms with Gasteiger partial charge >= 0.3 is 0 Å². The van der Waals surface area contributed by atoms with Crippen molar-refractivity contribution in [2.45, 2.75) is 13.8 Å². The lowest BCUT2D eigenvalue weighted by Gasteiger charge is -2.36. The third-order valence-electron chi connectivity index (χ3n) is 3.62. The van der Waals surface area contributed by atoms with E-state index in [0.29, 0.717) is 0 Å². The first-order valence-electron chi connectivity index (χ1n) is 7.05. The summed E-state index contributed by atoms with van der Waals surface area (Å²) in [5, 5.41) is 0. The number of aromatic nitrogens is 3. The molecule has 1 aliphatic heterocycles. The van der Waals surface area contributed by atoms with Crippen molar-refractivity contribution in [1.29, 1.82) is 0 Å². The molecule has 0 aliphatic carbocycles. The van der Waals surface area contributed by atoms with E-state index in [1.54, 1.807) is 0 Å². The lowest BCUT2D eigenvalue weighted by molar-refractivity contribution is 0.639. The van der Waals surface area contributed by atoms with Crippen LogP contribution in [0, 0.1) is 13.8 Å². The van der Waals surface area contributed by atoms with E-state index in [-0.39, 0.29) is 0 Å². The molecule has 3 heterocycles. The predicted molar refractivity (Wildman–Crippen MR) is 87.9 cm³/mol. The molecule has 5 nitrogen and oxygen atoms in total. The summed E-state index contributed by atoms with van der Waals surface area (Å²) in [6.07, 6.45) is 3.74. The first kappa shape index (κ1) is 14.3. The van der Waals surface area contributed by atoms with Crippen molar-refractivity contribution in [2.24, 2.45) is 0 Å². The van der Waals surface area contributed by atoms with Crippen LogP contribution in [0.2, 0.25) is 0 Å². The monoisotopic (exact) mass is 347 g/mol. The maximum absolute atomic E-state index is 4.55. The summed E-state index contributed by atoms with van der Waals surface area (Å²) in [4.78, 5) is 17.8. The highest BCUT2D eigenvalue weighted by Gasteiger charge is 2.20. The van der Waals surface area contributed by atoms with Gasteiger partial charge in [-0.3, -0.25) is 0 Å². The molecule has 2 aromatic rings. The molecule has 0 saturated carbocycles. The number of hydrogen-bond donors (Lipinski definition) is 0. The highest BCUT2D eigenvalue weighted by molar-refractivity contribution is 9.10.